The Hall–Kier alpha value is -7.34. The molecule has 2 aliphatic rings. The topological polar surface area (TPSA) is 392 Å². The van der Waals surface area contributed by atoms with Crippen molar-refractivity contribution in [1.82, 2.24) is 30.2 Å². The third-order valence-electron chi connectivity index (χ3n) is 9.15. The van der Waals surface area contributed by atoms with Crippen LogP contribution < -0.4 is 22.5 Å². The van der Waals surface area contributed by atoms with Gasteiger partial charge in [0.2, 0.25) is 11.8 Å². The summed E-state index contributed by atoms with van der Waals surface area (Å²) in [5.41, 5.74) is 9.05. The van der Waals surface area contributed by atoms with Crippen LogP contribution in [0.3, 0.4) is 0 Å². The molecule has 0 radical (unpaired) electrons. The number of nitrogens with two attached hydrogens (primary N) is 2. The van der Waals surface area contributed by atoms with Crippen LogP contribution in [0.15, 0.2) is 48.6 Å². The van der Waals surface area contributed by atoms with Gasteiger partial charge in [0.1, 0.15) is 0 Å². The number of carboxylic acid groups (broad SMARTS) is 6. The minimum atomic E-state index is -1.26. The minimum absolute atomic E-state index is 0.156. The van der Waals surface area contributed by atoms with Gasteiger partial charge < -0.3 is 51.3 Å². The monoisotopic (exact) mass is 930 g/mol. The Morgan fingerprint density at radius 2 is 0.773 bits per heavy atom. The molecule has 4 rings (SSSR count). The Morgan fingerprint density at radius 3 is 0.985 bits per heavy atom. The van der Waals surface area contributed by atoms with E-state index in [4.69, 9.17) is 42.3 Å². The third-order valence-corrected chi connectivity index (χ3v) is 9.15. The van der Waals surface area contributed by atoms with Gasteiger partial charge in [-0.3, -0.25) is 9.59 Å². The van der Waals surface area contributed by atoms with Gasteiger partial charge in [-0.15, -0.1) is 10.2 Å². The Labute approximate surface area is 381 Å². The number of amides is 2. The van der Waals surface area contributed by atoms with Crippen LogP contribution in [0.4, 0.5) is 11.6 Å². The summed E-state index contributed by atoms with van der Waals surface area (Å²) in [5, 5.41) is 63.2. The van der Waals surface area contributed by atoms with Crippen molar-refractivity contribution in [1.29, 1.82) is 0 Å². The molecule has 0 aromatic carbocycles. The summed E-state index contributed by atoms with van der Waals surface area (Å²) in [6, 6.07) is 3.77. The molecule has 12 N–H and O–H groups in total. The van der Waals surface area contributed by atoms with E-state index in [-0.39, 0.29) is 23.7 Å². The highest BCUT2D eigenvalue weighted by Gasteiger charge is 2.28. The van der Waals surface area contributed by atoms with Crippen LogP contribution in [0, 0.1) is 11.8 Å². The van der Waals surface area contributed by atoms with Crippen molar-refractivity contribution >= 4 is 59.3 Å². The SMILES string of the molecule is CCCC(CCC)C(=O)N1CCc2nnc(NN)cc2C1.CCCC(CCC)C(=O)N1CCc2nnc(NN)cc2C1.O=C(O)/C=C/C(=O)O.O=C(O)/C=C/C(=O)O.O=C(O)/C=C/C(=O)O. The van der Waals surface area contributed by atoms with E-state index in [0.29, 0.717) is 61.2 Å². The molecule has 0 spiro atoms. The molecule has 364 valence electrons. The number of aliphatic carboxylic acids is 6. The van der Waals surface area contributed by atoms with Gasteiger partial charge in [-0.25, -0.2) is 40.5 Å². The number of nitrogens with zero attached hydrogens (tertiary/aromatic N) is 6. The zero-order valence-electron chi connectivity index (χ0n) is 37.5. The smallest absolute Gasteiger partial charge is 0.328 e. The predicted molar refractivity (Wildman–Crippen MR) is 238 cm³/mol. The molecule has 0 saturated carbocycles. The number of anilines is 2. The fourth-order valence-electron chi connectivity index (χ4n) is 6.30. The lowest BCUT2D eigenvalue weighted by Gasteiger charge is -2.31. The lowest BCUT2D eigenvalue weighted by atomic mass is 9.95. The summed E-state index contributed by atoms with van der Waals surface area (Å²) in [7, 11) is 0. The largest absolute Gasteiger partial charge is 0.478 e. The molecule has 0 unspecified atom stereocenters. The summed E-state index contributed by atoms with van der Waals surface area (Å²) < 4.78 is 0. The molecule has 24 heteroatoms. The Balaban J connectivity index is 0.000000871. The summed E-state index contributed by atoms with van der Waals surface area (Å²) in [5.74, 6) is 5.16. The van der Waals surface area contributed by atoms with Crippen molar-refractivity contribution in [3.8, 4) is 0 Å². The Kier molecular flexibility index (Phi) is 29.5. The summed E-state index contributed by atoms with van der Waals surface area (Å²) in [6.07, 6.45) is 13.0. The predicted octanol–water partition coefficient (Wildman–Crippen LogP) is 2.86. The molecule has 2 aromatic heterocycles. The van der Waals surface area contributed by atoms with Crippen LogP contribution in [0.1, 0.15) is 102 Å². The number of fused-ring (bicyclic) bond motifs is 2. The molecule has 0 bridgehead atoms. The number of carboxylic acids is 6. The maximum absolute atomic E-state index is 12.7. The number of carbonyl (C=O) groups excluding carboxylic acids is 2. The quantitative estimate of drug-likeness (QED) is 0.0583. The first kappa shape index (κ1) is 58.7. The van der Waals surface area contributed by atoms with Crippen molar-refractivity contribution in [3.05, 3.63) is 71.1 Å². The molecule has 0 aliphatic carbocycles. The number of nitrogen functional groups attached to an aromatic ring is 2. The standard InChI is InChI=1S/2C15H25N5O.3C4H4O4/c2*1-3-5-11(6-4-2)15(21)20-8-7-13-12(10-20)9-14(17-16)19-18-13;3*5-3(6)1-2-4(7)8/h2*9,11H,3-8,10,16H2,1-2H3,(H,17,19);3*1-2H,(H,5,6)(H,7,8)/b;;3*2-1+. The van der Waals surface area contributed by atoms with Crippen LogP contribution in [0.5, 0.6) is 0 Å². The Bertz CT molecular complexity index is 1780. The van der Waals surface area contributed by atoms with E-state index in [2.05, 4.69) is 58.9 Å². The zero-order chi connectivity index (χ0) is 50.2. The van der Waals surface area contributed by atoms with Crippen molar-refractivity contribution in [2.24, 2.45) is 23.5 Å². The third kappa shape index (κ3) is 25.1. The number of carbonyl (C=O) groups is 8. The fraction of sp³-hybridized carbons (Fsp3) is 0.476. The van der Waals surface area contributed by atoms with Gasteiger partial charge in [0.15, 0.2) is 11.6 Å². The first-order chi connectivity index (χ1) is 31.3. The first-order valence-corrected chi connectivity index (χ1v) is 20.9. The molecular weight excluding hydrogens is 869 g/mol. The number of hydrogen-bond donors (Lipinski definition) is 10. The minimum Gasteiger partial charge on any atom is -0.478 e. The maximum atomic E-state index is 12.7. The van der Waals surface area contributed by atoms with E-state index in [9.17, 15) is 38.4 Å². The van der Waals surface area contributed by atoms with E-state index < -0.39 is 35.8 Å². The average Bonchev–Trinajstić information content (AvgIpc) is 3.29. The van der Waals surface area contributed by atoms with Crippen molar-refractivity contribution in [2.45, 2.75) is 105 Å². The van der Waals surface area contributed by atoms with E-state index in [1.54, 1.807) is 0 Å². The first-order valence-electron chi connectivity index (χ1n) is 20.9. The molecular formula is C42H62N10O14. The normalized spacial score (nSPS) is 12.5. The van der Waals surface area contributed by atoms with Crippen molar-refractivity contribution in [3.63, 3.8) is 0 Å². The molecule has 2 aliphatic heterocycles. The van der Waals surface area contributed by atoms with Gasteiger partial charge in [0.05, 0.1) is 11.4 Å². The summed E-state index contributed by atoms with van der Waals surface area (Å²) >= 11 is 0. The molecule has 24 nitrogen and oxygen atoms in total. The van der Waals surface area contributed by atoms with Gasteiger partial charge in [-0.1, -0.05) is 53.4 Å². The van der Waals surface area contributed by atoms with Crippen LogP contribution in [0.2, 0.25) is 0 Å². The van der Waals surface area contributed by atoms with Gasteiger partial charge in [-0.2, -0.15) is 10.2 Å². The zero-order valence-corrected chi connectivity index (χ0v) is 37.5. The lowest BCUT2D eigenvalue weighted by molar-refractivity contribution is -0.137. The summed E-state index contributed by atoms with van der Waals surface area (Å²) in [4.78, 5) is 86.6. The Morgan fingerprint density at radius 1 is 0.515 bits per heavy atom. The van der Waals surface area contributed by atoms with E-state index in [0.717, 1.165) is 99.8 Å². The lowest BCUT2D eigenvalue weighted by Crippen LogP contribution is -2.40. The highest BCUT2D eigenvalue weighted by Crippen LogP contribution is 2.25. The molecule has 2 amide bonds. The second-order valence-electron chi connectivity index (χ2n) is 14.3. The van der Waals surface area contributed by atoms with Crippen LogP contribution in [0.25, 0.3) is 0 Å². The van der Waals surface area contributed by atoms with Crippen molar-refractivity contribution < 1.29 is 69.0 Å². The van der Waals surface area contributed by atoms with Crippen LogP contribution in [-0.4, -0.2) is 122 Å². The van der Waals surface area contributed by atoms with E-state index >= 15 is 0 Å². The average molecular weight is 931 g/mol. The number of nitrogens with one attached hydrogen (secondary N) is 2. The van der Waals surface area contributed by atoms with E-state index in [1.807, 2.05) is 21.9 Å². The molecule has 4 heterocycles. The van der Waals surface area contributed by atoms with Gasteiger partial charge >= 0.3 is 35.8 Å². The van der Waals surface area contributed by atoms with Crippen LogP contribution in [-0.2, 0) is 64.3 Å². The maximum Gasteiger partial charge on any atom is 0.328 e. The molecule has 2 aromatic rings. The molecule has 0 atom stereocenters. The highest BCUT2D eigenvalue weighted by molar-refractivity contribution is 5.90. The second kappa shape index (κ2) is 33.2. The summed E-state index contributed by atoms with van der Waals surface area (Å²) in [6.45, 7) is 11.2. The number of hydrogen-bond acceptors (Lipinski definition) is 16. The molecule has 0 saturated heterocycles. The number of hydrazine groups is 2. The molecule has 66 heavy (non-hydrogen) atoms. The highest BCUT2D eigenvalue weighted by atomic mass is 16.4. The van der Waals surface area contributed by atoms with Crippen molar-refractivity contribution in [2.75, 3.05) is 23.9 Å². The number of aromatic nitrogens is 4. The number of rotatable bonds is 18. The van der Waals surface area contributed by atoms with Crippen LogP contribution >= 0.6 is 0 Å². The fourth-order valence-corrected chi connectivity index (χ4v) is 6.30. The van der Waals surface area contributed by atoms with Gasteiger partial charge in [-0.05, 0) is 48.9 Å². The molecule has 0 fully saturated rings. The van der Waals surface area contributed by atoms with E-state index in [1.165, 1.54) is 0 Å². The second-order valence-corrected chi connectivity index (χ2v) is 14.3. The van der Waals surface area contributed by atoms with Gasteiger partial charge in [0, 0.05) is 87.3 Å². The van der Waals surface area contributed by atoms with Gasteiger partial charge in [0.25, 0.3) is 0 Å².